The molecule has 3 aromatic rings. The molecular weight excluding hydrogens is 381 g/mol. The van der Waals surface area contributed by atoms with Crippen LogP contribution >= 0.6 is 24.8 Å². The molecule has 0 amide bonds. The van der Waals surface area contributed by atoms with Gasteiger partial charge in [-0.1, -0.05) is 48.5 Å². The van der Waals surface area contributed by atoms with E-state index in [0.29, 0.717) is 6.54 Å². The number of piperazine rings is 1. The summed E-state index contributed by atoms with van der Waals surface area (Å²) >= 11 is 0. The van der Waals surface area contributed by atoms with E-state index in [1.54, 1.807) is 0 Å². The summed E-state index contributed by atoms with van der Waals surface area (Å²) in [6, 6.07) is 20.7. The van der Waals surface area contributed by atoms with Crippen LogP contribution in [0.15, 0.2) is 66.9 Å². The van der Waals surface area contributed by atoms with Gasteiger partial charge in [-0.3, -0.25) is 4.90 Å². The Labute approximate surface area is 173 Å². The van der Waals surface area contributed by atoms with Crippen molar-refractivity contribution >= 4 is 35.7 Å². The zero-order chi connectivity index (χ0) is 17.1. The summed E-state index contributed by atoms with van der Waals surface area (Å²) in [6.45, 7) is 4.66. The van der Waals surface area contributed by atoms with E-state index in [0.717, 1.165) is 37.3 Å². The zero-order valence-electron chi connectivity index (χ0n) is 15.2. The monoisotopic (exact) mass is 407 g/mol. The van der Waals surface area contributed by atoms with E-state index in [2.05, 4.69) is 63.4 Å². The summed E-state index contributed by atoms with van der Waals surface area (Å²) in [4.78, 5) is 2.35. The highest BCUT2D eigenvalue weighted by Gasteiger charge is 2.26. The first kappa shape index (κ1) is 21.7. The minimum absolute atomic E-state index is 0. The largest absolute Gasteiger partial charge is 0.389 e. The number of aliphatic hydroxyl groups excluding tert-OH is 1. The van der Waals surface area contributed by atoms with Crippen LogP contribution in [0.25, 0.3) is 10.9 Å². The van der Waals surface area contributed by atoms with Gasteiger partial charge in [0.25, 0.3) is 0 Å². The fraction of sp³-hybridized carbons (Fsp3) is 0.333. The molecule has 27 heavy (non-hydrogen) atoms. The summed E-state index contributed by atoms with van der Waals surface area (Å²) in [5.74, 6) is 0. The zero-order valence-corrected chi connectivity index (χ0v) is 16.8. The number of fused-ring (bicyclic) bond motifs is 1. The third-order valence-electron chi connectivity index (χ3n) is 5.09. The number of para-hydroxylation sites is 1. The number of nitrogens with one attached hydrogen (secondary N) is 1. The van der Waals surface area contributed by atoms with Crippen molar-refractivity contribution in [1.29, 1.82) is 0 Å². The molecule has 0 aliphatic carbocycles. The van der Waals surface area contributed by atoms with Crippen molar-refractivity contribution in [3.8, 4) is 0 Å². The Morgan fingerprint density at radius 2 is 1.56 bits per heavy atom. The number of aliphatic hydroxyl groups is 1. The normalized spacial score (nSPS) is 16.9. The Balaban J connectivity index is 0.00000131. The molecule has 146 valence electrons. The smallest absolute Gasteiger partial charge is 0.0915 e. The van der Waals surface area contributed by atoms with Gasteiger partial charge in [0.05, 0.1) is 12.1 Å². The first-order chi connectivity index (χ1) is 12.3. The molecule has 6 heteroatoms. The van der Waals surface area contributed by atoms with Gasteiger partial charge in [0, 0.05) is 44.4 Å². The first-order valence-corrected chi connectivity index (χ1v) is 9.04. The predicted octanol–water partition coefficient (Wildman–Crippen LogP) is 3.34. The number of aromatic nitrogens is 1. The van der Waals surface area contributed by atoms with Crippen LogP contribution < -0.4 is 5.32 Å². The molecule has 0 radical (unpaired) electrons. The highest BCUT2D eigenvalue weighted by molar-refractivity contribution is 5.85. The van der Waals surface area contributed by atoms with E-state index < -0.39 is 6.10 Å². The van der Waals surface area contributed by atoms with Crippen molar-refractivity contribution in [2.45, 2.75) is 12.1 Å². The summed E-state index contributed by atoms with van der Waals surface area (Å²) in [5, 5.41) is 15.7. The lowest BCUT2D eigenvalue weighted by Gasteiger charge is -2.33. The van der Waals surface area contributed by atoms with E-state index in [9.17, 15) is 5.11 Å². The lowest BCUT2D eigenvalue weighted by Crippen LogP contribution is -2.47. The maximum atomic E-state index is 11.2. The van der Waals surface area contributed by atoms with Gasteiger partial charge in [-0.25, -0.2) is 0 Å². The van der Waals surface area contributed by atoms with Crippen molar-refractivity contribution in [3.05, 3.63) is 72.4 Å². The standard InChI is InChI=1S/C21H25N3O.2ClH/c25-20(16-23-14-11-22-12-15-23)21(18-7-2-1-3-8-18)24-13-10-17-6-4-5-9-19(17)24;;/h1-10,13,20-22,25H,11-12,14-16H2;2*1H. The highest BCUT2D eigenvalue weighted by Crippen LogP contribution is 2.28. The average molecular weight is 408 g/mol. The van der Waals surface area contributed by atoms with Gasteiger partial charge < -0.3 is 15.0 Å². The molecule has 2 atom stereocenters. The van der Waals surface area contributed by atoms with E-state index >= 15 is 0 Å². The van der Waals surface area contributed by atoms with Gasteiger partial charge in [-0.2, -0.15) is 0 Å². The summed E-state index contributed by atoms with van der Waals surface area (Å²) in [7, 11) is 0. The average Bonchev–Trinajstić information content (AvgIpc) is 3.08. The van der Waals surface area contributed by atoms with Crippen LogP contribution in [0.4, 0.5) is 0 Å². The number of halogens is 2. The Morgan fingerprint density at radius 3 is 2.30 bits per heavy atom. The minimum Gasteiger partial charge on any atom is -0.389 e. The van der Waals surface area contributed by atoms with Crippen LogP contribution in [0.5, 0.6) is 0 Å². The summed E-state index contributed by atoms with van der Waals surface area (Å²) in [6.07, 6.45) is 1.64. The molecule has 0 saturated carbocycles. The van der Waals surface area contributed by atoms with Gasteiger partial charge in [0.1, 0.15) is 0 Å². The molecule has 2 heterocycles. The molecule has 1 aliphatic rings. The van der Waals surface area contributed by atoms with E-state index in [1.165, 1.54) is 5.39 Å². The first-order valence-electron chi connectivity index (χ1n) is 9.04. The number of β-amino-alcohol motifs (C(OH)–C–C–N with tert-alkyl or cyclic N) is 1. The summed E-state index contributed by atoms with van der Waals surface area (Å²) < 4.78 is 2.22. The van der Waals surface area contributed by atoms with Gasteiger partial charge in [-0.15, -0.1) is 24.8 Å². The molecule has 4 rings (SSSR count). The third kappa shape index (κ3) is 4.84. The Bertz CT molecular complexity index is 818. The van der Waals surface area contributed by atoms with E-state index in [1.807, 2.05) is 18.2 Å². The van der Waals surface area contributed by atoms with Crippen LogP contribution in [-0.2, 0) is 0 Å². The van der Waals surface area contributed by atoms with Crippen LogP contribution in [0.1, 0.15) is 11.6 Å². The fourth-order valence-corrected chi connectivity index (χ4v) is 3.82. The van der Waals surface area contributed by atoms with Crippen LogP contribution in [-0.4, -0.2) is 53.4 Å². The maximum Gasteiger partial charge on any atom is 0.0915 e. The quantitative estimate of drug-likeness (QED) is 0.681. The van der Waals surface area contributed by atoms with E-state index in [-0.39, 0.29) is 30.9 Å². The molecule has 2 unspecified atom stereocenters. The molecule has 1 aliphatic heterocycles. The number of hydrogen-bond donors (Lipinski definition) is 2. The number of benzene rings is 2. The fourth-order valence-electron chi connectivity index (χ4n) is 3.82. The maximum absolute atomic E-state index is 11.2. The lowest BCUT2D eigenvalue weighted by molar-refractivity contribution is 0.0766. The molecule has 4 nitrogen and oxygen atoms in total. The molecular formula is C21H27Cl2N3O. The molecule has 0 spiro atoms. The van der Waals surface area contributed by atoms with Gasteiger partial charge in [0.15, 0.2) is 0 Å². The van der Waals surface area contributed by atoms with E-state index in [4.69, 9.17) is 0 Å². The number of hydrogen-bond acceptors (Lipinski definition) is 3. The van der Waals surface area contributed by atoms with Crippen LogP contribution in [0, 0.1) is 0 Å². The van der Waals surface area contributed by atoms with Crippen molar-refractivity contribution in [3.63, 3.8) is 0 Å². The summed E-state index contributed by atoms with van der Waals surface area (Å²) in [5.41, 5.74) is 2.31. The highest BCUT2D eigenvalue weighted by atomic mass is 35.5. The van der Waals surface area contributed by atoms with Gasteiger partial charge in [0.2, 0.25) is 0 Å². The second-order valence-electron chi connectivity index (χ2n) is 6.76. The topological polar surface area (TPSA) is 40.4 Å². The molecule has 1 fully saturated rings. The number of nitrogens with zero attached hydrogens (tertiary/aromatic N) is 2. The van der Waals surface area contributed by atoms with Gasteiger partial charge in [-0.05, 0) is 23.1 Å². The molecule has 2 N–H and O–H groups in total. The Morgan fingerprint density at radius 1 is 0.889 bits per heavy atom. The third-order valence-corrected chi connectivity index (χ3v) is 5.09. The molecule has 1 aromatic heterocycles. The second-order valence-corrected chi connectivity index (χ2v) is 6.76. The van der Waals surface area contributed by atoms with Crippen molar-refractivity contribution in [2.75, 3.05) is 32.7 Å². The van der Waals surface area contributed by atoms with Crippen molar-refractivity contribution < 1.29 is 5.11 Å². The van der Waals surface area contributed by atoms with Gasteiger partial charge >= 0.3 is 0 Å². The molecule has 1 saturated heterocycles. The van der Waals surface area contributed by atoms with Crippen LogP contribution in [0.3, 0.4) is 0 Å². The molecule has 2 aromatic carbocycles. The van der Waals surface area contributed by atoms with Crippen LogP contribution in [0.2, 0.25) is 0 Å². The van der Waals surface area contributed by atoms with Crippen molar-refractivity contribution in [1.82, 2.24) is 14.8 Å². The Hall–Kier alpha value is -1.56. The number of rotatable bonds is 5. The lowest BCUT2D eigenvalue weighted by atomic mass is 10.00. The van der Waals surface area contributed by atoms with Crippen molar-refractivity contribution in [2.24, 2.45) is 0 Å². The second kappa shape index (κ2) is 10.1. The predicted molar refractivity (Wildman–Crippen MR) is 116 cm³/mol. The SMILES string of the molecule is Cl.Cl.OC(CN1CCNCC1)C(c1ccccc1)n1ccc2ccccc21. The molecule has 0 bridgehead atoms. The Kier molecular flexibility index (Phi) is 8.14. The minimum atomic E-state index is -0.462.